The molecule has 0 atom stereocenters. The van der Waals surface area contributed by atoms with Crippen molar-refractivity contribution in [2.24, 2.45) is 5.41 Å². The fraction of sp³-hybridized carbons (Fsp3) is 0.278. The molecule has 1 N–H and O–H groups in total. The molecule has 0 unspecified atom stereocenters. The monoisotopic (exact) mass is 347 g/mol. The largest absolute Gasteiger partial charge is 0.417 e. The first-order chi connectivity index (χ1) is 11.5. The van der Waals surface area contributed by atoms with Gasteiger partial charge in [-0.25, -0.2) is 9.97 Å². The molecule has 7 heteroatoms. The molecule has 0 saturated heterocycles. The lowest BCUT2D eigenvalue weighted by atomic mass is 9.98. The van der Waals surface area contributed by atoms with E-state index in [1.54, 1.807) is 12.1 Å². The molecule has 2 heterocycles. The van der Waals surface area contributed by atoms with Gasteiger partial charge in [0, 0.05) is 17.8 Å². The number of carbonyl (C=O) groups excluding carboxylic acids is 1. The first-order valence-electron chi connectivity index (χ1n) is 7.38. The Labute approximate surface area is 143 Å². The number of amides is 1. The standard InChI is InChI=1S/C18H16F3N3O/c1-17(2,3)9-8-14-6-4-12(10-22-14)16(25)24-15-7-5-13(11-23-15)18(19,20)21/h4-7,10-11H,1-3H3,(H,23,24,25). The van der Waals surface area contributed by atoms with E-state index in [4.69, 9.17) is 0 Å². The lowest BCUT2D eigenvalue weighted by Crippen LogP contribution is -2.14. The van der Waals surface area contributed by atoms with Gasteiger partial charge in [0.25, 0.3) is 5.91 Å². The fourth-order valence-electron chi connectivity index (χ4n) is 1.68. The number of nitrogens with one attached hydrogen (secondary N) is 1. The lowest BCUT2D eigenvalue weighted by molar-refractivity contribution is -0.137. The van der Waals surface area contributed by atoms with Crippen LogP contribution in [0.2, 0.25) is 0 Å². The summed E-state index contributed by atoms with van der Waals surface area (Å²) in [5.74, 6) is 5.44. The smallest absolute Gasteiger partial charge is 0.307 e. The summed E-state index contributed by atoms with van der Waals surface area (Å²) in [7, 11) is 0. The number of hydrogen-bond donors (Lipinski definition) is 1. The van der Waals surface area contributed by atoms with Gasteiger partial charge in [-0.05, 0) is 51.0 Å². The van der Waals surface area contributed by atoms with Gasteiger partial charge in [0.2, 0.25) is 0 Å². The molecule has 1 amide bonds. The normalized spacial score (nSPS) is 11.4. The van der Waals surface area contributed by atoms with Crippen molar-refractivity contribution in [2.45, 2.75) is 26.9 Å². The van der Waals surface area contributed by atoms with Crippen LogP contribution in [0, 0.1) is 17.3 Å². The van der Waals surface area contributed by atoms with Gasteiger partial charge < -0.3 is 5.32 Å². The van der Waals surface area contributed by atoms with Crippen LogP contribution in [-0.4, -0.2) is 15.9 Å². The van der Waals surface area contributed by atoms with E-state index in [1.165, 1.54) is 6.20 Å². The van der Waals surface area contributed by atoms with Gasteiger partial charge in [0.15, 0.2) is 0 Å². The molecular formula is C18H16F3N3O. The molecule has 0 aliphatic rings. The summed E-state index contributed by atoms with van der Waals surface area (Å²) < 4.78 is 37.4. The summed E-state index contributed by atoms with van der Waals surface area (Å²) in [6.07, 6.45) is -2.45. The minimum absolute atomic E-state index is 0.0228. The Morgan fingerprint density at radius 1 is 1.04 bits per heavy atom. The van der Waals surface area contributed by atoms with Crippen LogP contribution < -0.4 is 5.32 Å². The van der Waals surface area contributed by atoms with E-state index in [2.05, 4.69) is 27.1 Å². The highest BCUT2D eigenvalue weighted by Gasteiger charge is 2.30. The molecular weight excluding hydrogens is 331 g/mol. The quantitative estimate of drug-likeness (QED) is 0.831. The Bertz CT molecular complexity index is 808. The third-order valence-electron chi connectivity index (χ3n) is 2.92. The van der Waals surface area contributed by atoms with E-state index >= 15 is 0 Å². The Morgan fingerprint density at radius 3 is 2.24 bits per heavy atom. The third kappa shape index (κ3) is 5.60. The van der Waals surface area contributed by atoms with Gasteiger partial charge in [0.1, 0.15) is 11.5 Å². The van der Waals surface area contributed by atoms with Gasteiger partial charge in [-0.3, -0.25) is 4.79 Å². The molecule has 0 aromatic carbocycles. The summed E-state index contributed by atoms with van der Waals surface area (Å²) in [6.45, 7) is 5.91. The molecule has 0 aliphatic carbocycles. The number of hydrogen-bond acceptors (Lipinski definition) is 3. The second-order valence-corrected chi connectivity index (χ2v) is 6.32. The van der Waals surface area contributed by atoms with E-state index in [0.29, 0.717) is 11.9 Å². The number of halogens is 3. The summed E-state index contributed by atoms with van der Waals surface area (Å²) in [5, 5.41) is 2.42. The van der Waals surface area contributed by atoms with E-state index in [-0.39, 0.29) is 16.8 Å². The number of nitrogens with zero attached hydrogens (tertiary/aromatic N) is 2. The SMILES string of the molecule is CC(C)(C)C#Cc1ccc(C(=O)Nc2ccc(C(F)(F)F)cn2)cn1. The Kier molecular flexibility index (Phi) is 5.12. The van der Waals surface area contributed by atoms with Gasteiger partial charge in [-0.2, -0.15) is 13.2 Å². The number of carbonyl (C=O) groups is 1. The number of anilines is 1. The van der Waals surface area contributed by atoms with Crippen molar-refractivity contribution in [1.82, 2.24) is 9.97 Å². The first-order valence-corrected chi connectivity index (χ1v) is 7.38. The van der Waals surface area contributed by atoms with E-state index in [9.17, 15) is 18.0 Å². The summed E-state index contributed by atoms with van der Waals surface area (Å²) >= 11 is 0. The number of pyridine rings is 2. The molecule has 25 heavy (non-hydrogen) atoms. The molecule has 4 nitrogen and oxygen atoms in total. The molecule has 0 spiro atoms. The van der Waals surface area contributed by atoms with Gasteiger partial charge in [-0.15, -0.1) is 0 Å². The maximum atomic E-state index is 12.5. The van der Waals surface area contributed by atoms with E-state index in [0.717, 1.165) is 12.1 Å². The molecule has 0 fully saturated rings. The maximum absolute atomic E-state index is 12.5. The van der Waals surface area contributed by atoms with Crippen molar-refractivity contribution in [2.75, 3.05) is 5.32 Å². The highest BCUT2D eigenvalue weighted by atomic mass is 19.4. The average molecular weight is 347 g/mol. The van der Waals surface area contributed by atoms with Crippen LogP contribution in [0.3, 0.4) is 0 Å². The van der Waals surface area contributed by atoms with Gasteiger partial charge >= 0.3 is 6.18 Å². The maximum Gasteiger partial charge on any atom is 0.417 e. The van der Waals surface area contributed by atoms with Crippen molar-refractivity contribution in [3.05, 3.63) is 53.5 Å². The fourth-order valence-corrected chi connectivity index (χ4v) is 1.68. The number of rotatable bonds is 2. The molecule has 2 rings (SSSR count). The summed E-state index contributed by atoms with van der Waals surface area (Å²) in [5.41, 5.74) is -0.262. The van der Waals surface area contributed by atoms with Crippen LogP contribution >= 0.6 is 0 Å². The molecule has 0 saturated carbocycles. The van der Waals surface area contributed by atoms with Crippen LogP contribution in [-0.2, 0) is 6.18 Å². The zero-order chi connectivity index (χ0) is 18.7. The highest BCUT2D eigenvalue weighted by Crippen LogP contribution is 2.28. The van der Waals surface area contributed by atoms with Crippen molar-refractivity contribution < 1.29 is 18.0 Å². The predicted octanol–water partition coefficient (Wildman–Crippen LogP) is 4.15. The van der Waals surface area contributed by atoms with Crippen LogP contribution in [0.25, 0.3) is 0 Å². The Balaban J connectivity index is 2.07. The second-order valence-electron chi connectivity index (χ2n) is 6.32. The number of alkyl halides is 3. The van der Waals surface area contributed by atoms with Crippen molar-refractivity contribution in [3.63, 3.8) is 0 Å². The van der Waals surface area contributed by atoms with Crippen LogP contribution in [0.15, 0.2) is 36.7 Å². The second kappa shape index (κ2) is 6.93. The molecule has 2 aromatic heterocycles. The van der Waals surface area contributed by atoms with Crippen LogP contribution in [0.5, 0.6) is 0 Å². The van der Waals surface area contributed by atoms with E-state index < -0.39 is 17.6 Å². The van der Waals surface area contributed by atoms with Gasteiger partial charge in [0.05, 0.1) is 11.1 Å². The Morgan fingerprint density at radius 2 is 1.76 bits per heavy atom. The minimum Gasteiger partial charge on any atom is -0.307 e. The average Bonchev–Trinajstić information content (AvgIpc) is 2.52. The molecule has 2 aromatic rings. The number of aromatic nitrogens is 2. The molecule has 0 radical (unpaired) electrons. The highest BCUT2D eigenvalue weighted by molar-refractivity contribution is 6.03. The van der Waals surface area contributed by atoms with E-state index in [1.807, 2.05) is 20.8 Å². The summed E-state index contributed by atoms with van der Waals surface area (Å²) in [4.78, 5) is 19.8. The molecule has 130 valence electrons. The van der Waals surface area contributed by atoms with Crippen molar-refractivity contribution >= 4 is 11.7 Å². The molecule has 0 aliphatic heterocycles. The molecule has 0 bridgehead atoms. The topological polar surface area (TPSA) is 54.9 Å². The third-order valence-corrected chi connectivity index (χ3v) is 2.92. The zero-order valence-electron chi connectivity index (χ0n) is 13.9. The minimum atomic E-state index is -4.47. The predicted molar refractivity (Wildman–Crippen MR) is 87.8 cm³/mol. The van der Waals surface area contributed by atoms with Crippen molar-refractivity contribution in [1.29, 1.82) is 0 Å². The Hall–Kier alpha value is -2.88. The zero-order valence-corrected chi connectivity index (χ0v) is 13.9. The van der Waals surface area contributed by atoms with Crippen LogP contribution in [0.1, 0.15) is 42.4 Å². The lowest BCUT2D eigenvalue weighted by Gasteiger charge is -2.08. The van der Waals surface area contributed by atoms with Crippen LogP contribution in [0.4, 0.5) is 19.0 Å². The summed E-state index contributed by atoms with van der Waals surface area (Å²) in [6, 6.07) is 5.09. The van der Waals surface area contributed by atoms with Gasteiger partial charge in [-0.1, -0.05) is 5.92 Å². The van der Waals surface area contributed by atoms with Crippen molar-refractivity contribution in [3.8, 4) is 11.8 Å². The first kappa shape index (κ1) is 18.5.